The molecule has 0 amide bonds. The molecule has 2 unspecified atom stereocenters. The quantitative estimate of drug-likeness (QED) is 0.786. The van der Waals surface area contributed by atoms with Crippen molar-refractivity contribution in [1.29, 1.82) is 0 Å². The molecule has 1 N–H and O–H groups in total. The van der Waals surface area contributed by atoms with Crippen LogP contribution in [0.3, 0.4) is 0 Å². The van der Waals surface area contributed by atoms with Crippen molar-refractivity contribution in [2.75, 3.05) is 6.54 Å². The van der Waals surface area contributed by atoms with E-state index >= 15 is 0 Å². The van der Waals surface area contributed by atoms with Crippen molar-refractivity contribution in [2.24, 2.45) is 0 Å². The Morgan fingerprint density at radius 1 is 1.38 bits per heavy atom. The molecule has 0 bridgehead atoms. The predicted octanol–water partition coefficient (Wildman–Crippen LogP) is 4.32. The van der Waals surface area contributed by atoms with Crippen LogP contribution in [0.5, 0.6) is 0 Å². The van der Waals surface area contributed by atoms with Gasteiger partial charge in [-0.1, -0.05) is 35.8 Å². The van der Waals surface area contributed by atoms with Gasteiger partial charge in [0, 0.05) is 27.2 Å². The molecule has 0 fully saturated rings. The Balaban J connectivity index is 2.36. The van der Waals surface area contributed by atoms with E-state index in [0.29, 0.717) is 11.3 Å². The van der Waals surface area contributed by atoms with Gasteiger partial charge >= 0.3 is 0 Å². The van der Waals surface area contributed by atoms with Crippen LogP contribution in [-0.4, -0.2) is 17.8 Å². The molecule has 2 atom stereocenters. The van der Waals surface area contributed by atoms with Gasteiger partial charge in [-0.05, 0) is 31.5 Å². The lowest BCUT2D eigenvalue weighted by molar-refractivity contribution is 0.537. The molecule has 0 saturated carbocycles. The van der Waals surface area contributed by atoms with Crippen LogP contribution < -0.4 is 5.32 Å². The number of hydrogen-bond acceptors (Lipinski definition) is 2. The van der Waals surface area contributed by atoms with Gasteiger partial charge in [0.2, 0.25) is 0 Å². The van der Waals surface area contributed by atoms with Gasteiger partial charge < -0.3 is 5.32 Å². The van der Waals surface area contributed by atoms with Crippen LogP contribution in [0.2, 0.25) is 0 Å². The molecule has 0 aromatic heterocycles. The number of thioether (sulfide) groups is 1. The summed E-state index contributed by atoms with van der Waals surface area (Å²) in [6.07, 6.45) is 1.19. The SMILES string of the molecule is CCC(C)NCC(C)Sc1cccc(Br)c1. The molecule has 0 heterocycles. The minimum atomic E-state index is 0.600. The summed E-state index contributed by atoms with van der Waals surface area (Å²) >= 11 is 5.41. The molecule has 0 spiro atoms. The van der Waals surface area contributed by atoms with Crippen LogP contribution in [0.4, 0.5) is 0 Å². The van der Waals surface area contributed by atoms with E-state index in [0.717, 1.165) is 11.0 Å². The second kappa shape index (κ2) is 7.36. The maximum atomic E-state index is 3.53. The zero-order valence-corrected chi connectivity index (χ0v) is 12.6. The van der Waals surface area contributed by atoms with Gasteiger partial charge in [0.05, 0.1) is 0 Å². The van der Waals surface area contributed by atoms with Crippen molar-refractivity contribution in [1.82, 2.24) is 5.32 Å². The van der Waals surface area contributed by atoms with E-state index in [1.807, 2.05) is 11.8 Å². The van der Waals surface area contributed by atoms with Gasteiger partial charge in [0.1, 0.15) is 0 Å². The summed E-state index contributed by atoms with van der Waals surface area (Å²) in [5.74, 6) is 0. The molecule has 90 valence electrons. The smallest absolute Gasteiger partial charge is 0.0191 e. The number of halogens is 1. The van der Waals surface area contributed by atoms with Crippen molar-refractivity contribution in [3.05, 3.63) is 28.7 Å². The summed E-state index contributed by atoms with van der Waals surface area (Å²) in [5, 5.41) is 4.13. The summed E-state index contributed by atoms with van der Waals surface area (Å²) in [5.41, 5.74) is 0. The standard InChI is InChI=1S/C13H20BrNS/c1-4-10(2)15-9-11(3)16-13-7-5-6-12(14)8-13/h5-8,10-11,15H,4,9H2,1-3H3. The number of hydrogen-bond donors (Lipinski definition) is 1. The highest BCUT2D eigenvalue weighted by atomic mass is 79.9. The number of rotatable bonds is 6. The van der Waals surface area contributed by atoms with E-state index in [1.165, 1.54) is 11.3 Å². The van der Waals surface area contributed by atoms with Crippen LogP contribution in [-0.2, 0) is 0 Å². The highest BCUT2D eigenvalue weighted by Crippen LogP contribution is 2.25. The maximum Gasteiger partial charge on any atom is 0.0191 e. The third kappa shape index (κ3) is 5.37. The van der Waals surface area contributed by atoms with Gasteiger partial charge in [-0.2, -0.15) is 0 Å². The van der Waals surface area contributed by atoms with Crippen LogP contribution in [0.15, 0.2) is 33.6 Å². The van der Waals surface area contributed by atoms with Crippen LogP contribution in [0, 0.1) is 0 Å². The fraction of sp³-hybridized carbons (Fsp3) is 0.538. The molecule has 0 radical (unpaired) electrons. The average molecular weight is 302 g/mol. The van der Waals surface area contributed by atoms with E-state index in [-0.39, 0.29) is 0 Å². The average Bonchev–Trinajstić information content (AvgIpc) is 2.26. The molecule has 1 aromatic carbocycles. The third-order valence-electron chi connectivity index (χ3n) is 2.50. The Bertz CT molecular complexity index is 317. The topological polar surface area (TPSA) is 12.0 Å². The van der Waals surface area contributed by atoms with Gasteiger partial charge in [0.15, 0.2) is 0 Å². The molecule has 16 heavy (non-hydrogen) atoms. The summed E-state index contributed by atoms with van der Waals surface area (Å²) in [4.78, 5) is 1.33. The van der Waals surface area contributed by atoms with Gasteiger partial charge in [0.25, 0.3) is 0 Å². The van der Waals surface area contributed by atoms with Crippen molar-refractivity contribution in [3.8, 4) is 0 Å². The number of benzene rings is 1. The molecule has 1 nitrogen and oxygen atoms in total. The Morgan fingerprint density at radius 2 is 2.12 bits per heavy atom. The second-order valence-electron chi connectivity index (χ2n) is 4.10. The summed E-state index contributed by atoms with van der Waals surface area (Å²) in [6.45, 7) is 7.77. The molecular formula is C13H20BrNS. The predicted molar refractivity (Wildman–Crippen MR) is 77.2 cm³/mol. The summed E-state index contributed by atoms with van der Waals surface area (Å²) in [6, 6.07) is 9.10. The molecule has 3 heteroatoms. The fourth-order valence-corrected chi connectivity index (χ4v) is 2.87. The van der Waals surface area contributed by atoms with Crippen molar-refractivity contribution in [2.45, 2.75) is 43.4 Å². The zero-order chi connectivity index (χ0) is 12.0. The highest BCUT2D eigenvalue weighted by Gasteiger charge is 2.06. The highest BCUT2D eigenvalue weighted by molar-refractivity contribution is 9.10. The zero-order valence-electron chi connectivity index (χ0n) is 10.2. The first kappa shape index (κ1) is 14.1. The Labute approximate surface area is 112 Å². The van der Waals surface area contributed by atoms with E-state index < -0.39 is 0 Å². The maximum absolute atomic E-state index is 3.53. The lowest BCUT2D eigenvalue weighted by atomic mass is 10.2. The van der Waals surface area contributed by atoms with E-state index in [4.69, 9.17) is 0 Å². The van der Waals surface area contributed by atoms with E-state index in [2.05, 4.69) is 66.3 Å². The second-order valence-corrected chi connectivity index (χ2v) is 6.53. The molecule has 1 aromatic rings. The molecule has 0 aliphatic heterocycles. The first-order valence-electron chi connectivity index (χ1n) is 5.77. The Kier molecular flexibility index (Phi) is 6.47. The normalized spacial score (nSPS) is 14.8. The van der Waals surface area contributed by atoms with Gasteiger partial charge in [-0.15, -0.1) is 11.8 Å². The summed E-state index contributed by atoms with van der Waals surface area (Å²) in [7, 11) is 0. The lowest BCUT2D eigenvalue weighted by Crippen LogP contribution is -2.30. The minimum absolute atomic E-state index is 0.600. The first-order chi connectivity index (χ1) is 7.61. The Hall–Kier alpha value is 0.01000. The fourth-order valence-electron chi connectivity index (χ4n) is 1.33. The molecule has 0 saturated heterocycles. The van der Waals surface area contributed by atoms with Gasteiger partial charge in [-0.25, -0.2) is 0 Å². The molecule has 1 rings (SSSR count). The molecule has 0 aliphatic rings. The van der Waals surface area contributed by atoms with Gasteiger partial charge in [-0.3, -0.25) is 0 Å². The van der Waals surface area contributed by atoms with Crippen molar-refractivity contribution < 1.29 is 0 Å². The number of nitrogens with one attached hydrogen (secondary N) is 1. The van der Waals surface area contributed by atoms with Crippen LogP contribution in [0.1, 0.15) is 27.2 Å². The largest absolute Gasteiger partial charge is 0.313 e. The monoisotopic (exact) mass is 301 g/mol. The van der Waals surface area contributed by atoms with Crippen LogP contribution >= 0.6 is 27.7 Å². The van der Waals surface area contributed by atoms with E-state index in [9.17, 15) is 0 Å². The van der Waals surface area contributed by atoms with E-state index in [1.54, 1.807) is 0 Å². The summed E-state index contributed by atoms with van der Waals surface area (Å²) < 4.78 is 1.15. The van der Waals surface area contributed by atoms with Crippen molar-refractivity contribution >= 4 is 27.7 Å². The molecular weight excluding hydrogens is 282 g/mol. The van der Waals surface area contributed by atoms with Crippen LogP contribution in [0.25, 0.3) is 0 Å². The lowest BCUT2D eigenvalue weighted by Gasteiger charge is -2.16. The third-order valence-corrected chi connectivity index (χ3v) is 4.09. The Morgan fingerprint density at radius 3 is 2.75 bits per heavy atom. The minimum Gasteiger partial charge on any atom is -0.313 e. The van der Waals surface area contributed by atoms with Crippen molar-refractivity contribution in [3.63, 3.8) is 0 Å². The molecule has 0 aliphatic carbocycles. The first-order valence-corrected chi connectivity index (χ1v) is 7.44.